The Balaban J connectivity index is 1.37. The molecule has 1 aliphatic heterocycles. The highest BCUT2D eigenvalue weighted by molar-refractivity contribution is 5.73. The van der Waals surface area contributed by atoms with E-state index >= 15 is 0 Å². The third-order valence-corrected chi connectivity index (χ3v) is 5.77. The number of hydrogen-bond donors (Lipinski definition) is 5. The average molecular weight is 477 g/mol. The Hall–Kier alpha value is -3.60. The number of carbonyl (C=O) groups is 1. The zero-order chi connectivity index (χ0) is 24.5. The van der Waals surface area contributed by atoms with Crippen molar-refractivity contribution in [2.24, 2.45) is 0 Å². The minimum absolute atomic E-state index is 0.483. The van der Waals surface area contributed by atoms with Crippen molar-refractivity contribution in [1.82, 2.24) is 30.5 Å². The number of carboxylic acid groups (broad SMARTS) is 1. The number of rotatable bonds is 11. The van der Waals surface area contributed by atoms with E-state index in [0.717, 1.165) is 54.4 Å². The molecule has 1 saturated heterocycles. The van der Waals surface area contributed by atoms with Crippen molar-refractivity contribution < 1.29 is 9.90 Å². The molecule has 10 nitrogen and oxygen atoms in total. The van der Waals surface area contributed by atoms with Gasteiger partial charge in [0.05, 0.1) is 5.69 Å². The molecule has 1 aromatic carbocycles. The third kappa shape index (κ3) is 7.19. The number of carboxylic acids is 1. The van der Waals surface area contributed by atoms with Crippen LogP contribution in [-0.2, 0) is 11.3 Å². The van der Waals surface area contributed by atoms with Gasteiger partial charge in [-0.25, -0.2) is 15.0 Å². The molecule has 0 bridgehead atoms. The van der Waals surface area contributed by atoms with Crippen molar-refractivity contribution in [3.05, 3.63) is 60.4 Å². The molecule has 1 aliphatic rings. The van der Waals surface area contributed by atoms with Gasteiger partial charge < -0.3 is 26.4 Å². The molecule has 1 unspecified atom stereocenters. The van der Waals surface area contributed by atoms with E-state index in [1.54, 1.807) is 6.20 Å². The van der Waals surface area contributed by atoms with Crippen LogP contribution in [0, 0.1) is 0 Å². The maximum Gasteiger partial charge on any atom is 0.322 e. The molecular formula is C25H32N8O2. The third-order valence-electron chi connectivity index (χ3n) is 5.77. The SMILES string of the molecule is CNCCCNc1ccc(-c2ccnc(Nc3cccc(CN4CCNC(C(=O)O)C4)c3)n2)cn1. The number of nitrogens with one attached hydrogen (secondary N) is 4. The van der Waals surface area contributed by atoms with E-state index in [-0.39, 0.29) is 0 Å². The van der Waals surface area contributed by atoms with Crippen molar-refractivity contribution in [2.45, 2.75) is 19.0 Å². The molecule has 2 aromatic heterocycles. The first-order chi connectivity index (χ1) is 17.1. The molecule has 3 aromatic rings. The van der Waals surface area contributed by atoms with Gasteiger partial charge in [-0.2, -0.15) is 0 Å². The van der Waals surface area contributed by atoms with Crippen LogP contribution in [0.3, 0.4) is 0 Å². The molecule has 184 valence electrons. The lowest BCUT2D eigenvalue weighted by atomic mass is 10.1. The van der Waals surface area contributed by atoms with Crippen LogP contribution >= 0.6 is 0 Å². The molecule has 10 heteroatoms. The van der Waals surface area contributed by atoms with Gasteiger partial charge in [-0.15, -0.1) is 0 Å². The van der Waals surface area contributed by atoms with Gasteiger partial charge in [0.25, 0.3) is 0 Å². The molecule has 35 heavy (non-hydrogen) atoms. The molecule has 0 aliphatic carbocycles. The van der Waals surface area contributed by atoms with Crippen LogP contribution in [-0.4, -0.2) is 76.7 Å². The summed E-state index contributed by atoms with van der Waals surface area (Å²) in [6, 6.07) is 13.3. The van der Waals surface area contributed by atoms with Gasteiger partial charge in [0.2, 0.25) is 5.95 Å². The maximum absolute atomic E-state index is 11.3. The predicted octanol–water partition coefficient (Wildman–Crippen LogP) is 2.16. The number of benzene rings is 1. The summed E-state index contributed by atoms with van der Waals surface area (Å²) in [6.07, 6.45) is 4.57. The molecule has 0 spiro atoms. The van der Waals surface area contributed by atoms with E-state index in [4.69, 9.17) is 0 Å². The van der Waals surface area contributed by atoms with Crippen molar-refractivity contribution in [3.8, 4) is 11.3 Å². The van der Waals surface area contributed by atoms with Crippen LogP contribution in [0.4, 0.5) is 17.5 Å². The highest BCUT2D eigenvalue weighted by Crippen LogP contribution is 2.21. The van der Waals surface area contributed by atoms with Gasteiger partial charge in [-0.1, -0.05) is 12.1 Å². The molecule has 1 atom stereocenters. The number of nitrogens with zero attached hydrogens (tertiary/aromatic N) is 4. The van der Waals surface area contributed by atoms with E-state index in [2.05, 4.69) is 41.1 Å². The summed E-state index contributed by atoms with van der Waals surface area (Å²) in [7, 11) is 1.94. The fraction of sp³-hybridized carbons (Fsp3) is 0.360. The van der Waals surface area contributed by atoms with Gasteiger partial charge in [-0.05, 0) is 55.9 Å². The molecule has 4 rings (SSSR count). The zero-order valence-corrected chi connectivity index (χ0v) is 19.9. The Labute approximate surface area is 205 Å². The summed E-state index contributed by atoms with van der Waals surface area (Å²) in [6.45, 7) is 4.47. The minimum atomic E-state index is -0.812. The molecule has 1 fully saturated rings. The van der Waals surface area contributed by atoms with Crippen molar-refractivity contribution in [1.29, 1.82) is 0 Å². The Kier molecular flexibility index (Phi) is 8.55. The number of piperazine rings is 1. The summed E-state index contributed by atoms with van der Waals surface area (Å²) < 4.78 is 0. The Bertz CT molecular complexity index is 1110. The first-order valence-electron chi connectivity index (χ1n) is 11.8. The first-order valence-corrected chi connectivity index (χ1v) is 11.8. The highest BCUT2D eigenvalue weighted by Gasteiger charge is 2.24. The molecular weight excluding hydrogens is 444 g/mol. The van der Waals surface area contributed by atoms with E-state index in [9.17, 15) is 9.90 Å². The standard InChI is InChI=1S/C25H32N8O2/c1-26-9-3-10-28-23-7-6-19(15-30-23)21-8-11-29-25(32-21)31-20-5-2-4-18(14-20)16-33-13-12-27-22(17-33)24(34)35/h2,4-8,11,14-15,22,26-27H,3,9-10,12-13,16-17H2,1H3,(H,28,30)(H,34,35)(H,29,31,32). The summed E-state index contributed by atoms with van der Waals surface area (Å²) in [5.41, 5.74) is 3.67. The van der Waals surface area contributed by atoms with Crippen LogP contribution in [0.15, 0.2) is 54.9 Å². The predicted molar refractivity (Wildman–Crippen MR) is 137 cm³/mol. The Morgan fingerprint density at radius 1 is 1.20 bits per heavy atom. The van der Waals surface area contributed by atoms with Crippen LogP contribution in [0.25, 0.3) is 11.3 Å². The van der Waals surface area contributed by atoms with Crippen molar-refractivity contribution >= 4 is 23.4 Å². The first kappa shape index (κ1) is 24.5. The molecule has 0 radical (unpaired) electrons. The lowest BCUT2D eigenvalue weighted by Gasteiger charge is -2.31. The summed E-state index contributed by atoms with van der Waals surface area (Å²) in [5, 5.41) is 22.0. The topological polar surface area (TPSA) is 127 Å². The van der Waals surface area contributed by atoms with Gasteiger partial charge in [0, 0.05) is 56.4 Å². The second-order valence-corrected chi connectivity index (χ2v) is 8.49. The number of aliphatic carboxylic acids is 1. The summed E-state index contributed by atoms with van der Waals surface area (Å²) >= 11 is 0. The minimum Gasteiger partial charge on any atom is -0.480 e. The summed E-state index contributed by atoms with van der Waals surface area (Å²) in [5.74, 6) is 0.531. The van der Waals surface area contributed by atoms with Gasteiger partial charge in [0.15, 0.2) is 0 Å². The Morgan fingerprint density at radius 3 is 2.91 bits per heavy atom. The monoisotopic (exact) mass is 476 g/mol. The maximum atomic E-state index is 11.3. The molecule has 0 saturated carbocycles. The zero-order valence-electron chi connectivity index (χ0n) is 19.9. The second-order valence-electron chi connectivity index (χ2n) is 8.49. The quantitative estimate of drug-likeness (QED) is 0.263. The van der Waals surface area contributed by atoms with Crippen molar-refractivity contribution in [2.75, 3.05) is 50.4 Å². The number of pyridine rings is 1. The second kappa shape index (κ2) is 12.2. The normalized spacial score (nSPS) is 16.1. The number of anilines is 3. The van der Waals surface area contributed by atoms with E-state index in [1.807, 2.05) is 55.7 Å². The van der Waals surface area contributed by atoms with Gasteiger partial charge >= 0.3 is 5.97 Å². The largest absolute Gasteiger partial charge is 0.480 e. The number of aromatic nitrogens is 3. The Morgan fingerprint density at radius 2 is 2.11 bits per heavy atom. The number of hydrogen-bond acceptors (Lipinski definition) is 9. The molecule has 5 N–H and O–H groups in total. The van der Waals surface area contributed by atoms with Crippen molar-refractivity contribution in [3.63, 3.8) is 0 Å². The fourth-order valence-corrected chi connectivity index (χ4v) is 3.97. The summed E-state index contributed by atoms with van der Waals surface area (Å²) in [4.78, 5) is 27.0. The smallest absolute Gasteiger partial charge is 0.322 e. The van der Waals surface area contributed by atoms with E-state index < -0.39 is 12.0 Å². The lowest BCUT2D eigenvalue weighted by Crippen LogP contribution is -2.53. The van der Waals surface area contributed by atoms with Crippen LogP contribution in [0.2, 0.25) is 0 Å². The van der Waals surface area contributed by atoms with Crippen LogP contribution in [0.1, 0.15) is 12.0 Å². The average Bonchev–Trinajstić information content (AvgIpc) is 2.87. The molecule has 0 amide bonds. The lowest BCUT2D eigenvalue weighted by molar-refractivity contribution is -0.140. The highest BCUT2D eigenvalue weighted by atomic mass is 16.4. The molecule has 3 heterocycles. The van der Waals surface area contributed by atoms with E-state index in [0.29, 0.717) is 25.6 Å². The van der Waals surface area contributed by atoms with Gasteiger partial charge in [0.1, 0.15) is 11.9 Å². The van der Waals surface area contributed by atoms with E-state index in [1.165, 1.54) is 0 Å². The van der Waals surface area contributed by atoms with Crippen LogP contribution in [0.5, 0.6) is 0 Å². The fourth-order valence-electron chi connectivity index (χ4n) is 3.97. The van der Waals surface area contributed by atoms with Crippen LogP contribution < -0.4 is 21.3 Å². The van der Waals surface area contributed by atoms with Gasteiger partial charge in [-0.3, -0.25) is 9.69 Å².